The number of nitrogens with two attached hydrogens (primary N) is 1. The SMILES string of the molecule is COn1cc(O)c(=O)cc1CON=C(C(=O)N[C@@H]1C(=O)N2C(C(=O)O)=C(CSc3nnnn3CC(=O)O)CS[C@H]12)c1csc(N)n1. The van der Waals surface area contributed by atoms with Crippen molar-refractivity contribution < 1.29 is 44.2 Å². The molecule has 20 nitrogen and oxygen atoms in total. The molecule has 0 aromatic carbocycles. The number of hydrogen-bond donors (Lipinski definition) is 5. The van der Waals surface area contributed by atoms with E-state index >= 15 is 0 Å². The lowest BCUT2D eigenvalue weighted by Gasteiger charge is -2.49. The Labute approximate surface area is 268 Å². The van der Waals surface area contributed by atoms with Crippen LogP contribution in [0.15, 0.2) is 44.0 Å². The maximum absolute atomic E-state index is 13.4. The molecule has 0 radical (unpaired) electrons. The summed E-state index contributed by atoms with van der Waals surface area (Å²) in [6, 6.07) is -0.0735. The second kappa shape index (κ2) is 13.5. The van der Waals surface area contributed by atoms with E-state index < -0.39 is 52.9 Å². The maximum atomic E-state index is 13.4. The van der Waals surface area contributed by atoms with Crippen LogP contribution in [0.25, 0.3) is 0 Å². The van der Waals surface area contributed by atoms with Gasteiger partial charge in [-0.3, -0.25) is 24.1 Å². The highest BCUT2D eigenvalue weighted by molar-refractivity contribution is 8.01. The van der Waals surface area contributed by atoms with E-state index in [2.05, 4.69) is 31.0 Å². The van der Waals surface area contributed by atoms with Crippen molar-refractivity contribution in [2.24, 2.45) is 5.16 Å². The number of amides is 2. The largest absolute Gasteiger partial charge is 0.503 e. The number of pyridine rings is 1. The number of β-lactam (4-membered cyclic amide) rings is 1. The molecular weight excluding hydrogens is 673 g/mol. The third-order valence-electron chi connectivity index (χ3n) is 6.31. The molecule has 1 fully saturated rings. The fourth-order valence-corrected chi connectivity index (χ4v) is 7.18. The standard InChI is InChI=1S/C23H22N10O10S3/c1-42-32-3-13(35)12(34)2-10(32)5-43-28-15(11-8-45-22(24)25-11)18(38)26-16-19(39)33-17(21(40)41)9(6-44-20(16)33)7-46-23-27-29-30-31(23)4-14(36)37/h2-3,8,16,20,35H,4-7H2,1H3,(H2,24,25)(H,26,38)(H,36,37)(H,40,41)/t16-,20-/m1/s1. The summed E-state index contributed by atoms with van der Waals surface area (Å²) in [4.78, 5) is 77.2. The molecule has 0 bridgehead atoms. The van der Waals surface area contributed by atoms with Gasteiger partial charge in [0, 0.05) is 23.0 Å². The van der Waals surface area contributed by atoms with Gasteiger partial charge in [0.15, 0.2) is 23.2 Å². The Bertz CT molecular complexity index is 1840. The lowest BCUT2D eigenvalue weighted by molar-refractivity contribution is -0.150. The van der Waals surface area contributed by atoms with Gasteiger partial charge in [-0.05, 0) is 16.0 Å². The minimum Gasteiger partial charge on any atom is -0.503 e. The first kappa shape index (κ1) is 32.2. The molecule has 2 amide bonds. The number of carbonyl (C=O) groups is 4. The molecule has 6 N–H and O–H groups in total. The third kappa shape index (κ3) is 6.59. The fraction of sp³-hybridized carbons (Fsp3) is 0.304. The Hall–Kier alpha value is -5.16. The molecule has 46 heavy (non-hydrogen) atoms. The molecule has 2 aliphatic rings. The Kier molecular flexibility index (Phi) is 9.43. The van der Waals surface area contributed by atoms with Crippen molar-refractivity contribution >= 4 is 69.5 Å². The Balaban J connectivity index is 1.31. The van der Waals surface area contributed by atoms with E-state index in [4.69, 9.17) is 20.5 Å². The van der Waals surface area contributed by atoms with Crippen molar-refractivity contribution in [3.05, 3.63) is 50.5 Å². The Morgan fingerprint density at radius 3 is 2.74 bits per heavy atom. The highest BCUT2D eigenvalue weighted by Gasteiger charge is 2.54. The second-order valence-corrected chi connectivity index (χ2v) is 12.2. The molecular formula is C23H22N10O10S3. The van der Waals surface area contributed by atoms with Crippen molar-refractivity contribution in [2.45, 2.75) is 29.7 Å². The van der Waals surface area contributed by atoms with Gasteiger partial charge in [-0.25, -0.2) is 14.5 Å². The average molecular weight is 695 g/mol. The number of nitrogen functional groups attached to an aromatic ring is 1. The Morgan fingerprint density at radius 1 is 1.28 bits per heavy atom. The number of oxime groups is 1. The van der Waals surface area contributed by atoms with Gasteiger partial charge in [0.2, 0.25) is 10.6 Å². The molecule has 5 heterocycles. The smallest absolute Gasteiger partial charge is 0.352 e. The quantitative estimate of drug-likeness (QED) is 0.0569. The number of tetrazole rings is 1. The van der Waals surface area contributed by atoms with Crippen molar-refractivity contribution in [3.8, 4) is 5.75 Å². The summed E-state index contributed by atoms with van der Waals surface area (Å²) >= 11 is 3.25. The zero-order valence-corrected chi connectivity index (χ0v) is 25.7. The van der Waals surface area contributed by atoms with Crippen LogP contribution in [0.1, 0.15) is 11.4 Å². The summed E-state index contributed by atoms with van der Waals surface area (Å²) in [7, 11) is 1.29. The second-order valence-electron chi connectivity index (χ2n) is 9.23. The number of carboxylic acids is 2. The van der Waals surface area contributed by atoms with E-state index in [1.54, 1.807) is 0 Å². The van der Waals surface area contributed by atoms with Crippen LogP contribution >= 0.6 is 34.9 Å². The van der Waals surface area contributed by atoms with Crippen LogP contribution in [0.5, 0.6) is 5.75 Å². The van der Waals surface area contributed by atoms with Crippen LogP contribution in [-0.2, 0) is 37.2 Å². The minimum atomic E-state index is -1.36. The lowest BCUT2D eigenvalue weighted by atomic mass is 10.0. The zero-order chi connectivity index (χ0) is 33.1. The van der Waals surface area contributed by atoms with E-state index in [1.807, 2.05) is 0 Å². The van der Waals surface area contributed by atoms with Gasteiger partial charge in [-0.1, -0.05) is 16.9 Å². The first-order chi connectivity index (χ1) is 22.0. The third-order valence-corrected chi connectivity index (χ3v) is 9.37. The van der Waals surface area contributed by atoms with Gasteiger partial charge >= 0.3 is 11.9 Å². The van der Waals surface area contributed by atoms with Crippen molar-refractivity contribution in [2.75, 3.05) is 24.3 Å². The summed E-state index contributed by atoms with van der Waals surface area (Å²) in [6.07, 6.45) is 1.03. The van der Waals surface area contributed by atoms with Crippen molar-refractivity contribution in [3.63, 3.8) is 0 Å². The molecule has 3 aromatic heterocycles. The number of hydrogen-bond acceptors (Lipinski definition) is 17. The van der Waals surface area contributed by atoms with E-state index in [0.29, 0.717) is 5.57 Å². The fourth-order valence-electron chi connectivity index (χ4n) is 4.27. The predicted octanol–water partition coefficient (Wildman–Crippen LogP) is -1.83. The van der Waals surface area contributed by atoms with E-state index in [1.165, 1.54) is 24.3 Å². The van der Waals surface area contributed by atoms with E-state index in [9.17, 15) is 34.2 Å². The number of carbonyl (C=O) groups excluding carboxylic acids is 2. The van der Waals surface area contributed by atoms with Gasteiger partial charge < -0.3 is 36.0 Å². The number of nitrogens with one attached hydrogen (secondary N) is 1. The number of nitrogens with zero attached hydrogens (tertiary/aromatic N) is 8. The minimum absolute atomic E-state index is 0.0328. The van der Waals surface area contributed by atoms with Crippen molar-refractivity contribution in [1.82, 2.24) is 40.1 Å². The van der Waals surface area contributed by atoms with Crippen molar-refractivity contribution in [1.29, 1.82) is 0 Å². The summed E-state index contributed by atoms with van der Waals surface area (Å²) in [5.74, 6) is -4.41. The molecule has 1 saturated heterocycles. The molecule has 2 aliphatic heterocycles. The molecule has 242 valence electrons. The van der Waals surface area contributed by atoms with Gasteiger partial charge in [0.25, 0.3) is 11.8 Å². The number of thiazole rings is 1. The monoisotopic (exact) mass is 694 g/mol. The number of fused-ring (bicyclic) bond motifs is 1. The topological polar surface area (TPSA) is 280 Å². The van der Waals surface area contributed by atoms with E-state index in [0.717, 1.165) is 49.7 Å². The summed E-state index contributed by atoms with van der Waals surface area (Å²) in [5, 5.41) is 46.8. The van der Waals surface area contributed by atoms with Gasteiger partial charge in [-0.15, -0.1) is 28.2 Å². The molecule has 5 rings (SSSR count). The predicted molar refractivity (Wildman–Crippen MR) is 159 cm³/mol. The molecule has 0 unspecified atom stereocenters. The Morgan fingerprint density at radius 2 is 2.07 bits per heavy atom. The number of thioether (sulfide) groups is 2. The zero-order valence-electron chi connectivity index (χ0n) is 23.3. The molecule has 0 saturated carbocycles. The van der Waals surface area contributed by atoms with Crippen LogP contribution in [0.4, 0.5) is 5.13 Å². The van der Waals surface area contributed by atoms with Crippen LogP contribution in [0.2, 0.25) is 0 Å². The number of aromatic hydroxyl groups is 1. The first-order valence-electron chi connectivity index (χ1n) is 12.7. The lowest BCUT2D eigenvalue weighted by Crippen LogP contribution is -2.71. The number of aliphatic carboxylic acids is 2. The molecule has 23 heteroatoms. The summed E-state index contributed by atoms with van der Waals surface area (Å²) in [5.41, 5.74) is 4.98. The van der Waals surface area contributed by atoms with Crippen LogP contribution < -0.4 is 21.3 Å². The van der Waals surface area contributed by atoms with Crippen LogP contribution in [0, 0.1) is 0 Å². The number of rotatable bonds is 13. The molecule has 2 atom stereocenters. The average Bonchev–Trinajstić information content (AvgIpc) is 3.65. The van der Waals surface area contributed by atoms with Crippen LogP contribution in [-0.4, -0.2) is 110 Å². The number of carboxylic acid groups (broad SMARTS) is 2. The molecule has 3 aromatic rings. The first-order valence-corrected chi connectivity index (χ1v) is 15.6. The summed E-state index contributed by atoms with van der Waals surface area (Å²) < 4.78 is 2.11. The normalized spacial score (nSPS) is 17.7. The van der Waals surface area contributed by atoms with Crippen LogP contribution in [0.3, 0.4) is 0 Å². The van der Waals surface area contributed by atoms with Gasteiger partial charge in [0.1, 0.15) is 42.2 Å². The number of anilines is 1. The van der Waals surface area contributed by atoms with Gasteiger partial charge in [-0.2, -0.15) is 4.73 Å². The maximum Gasteiger partial charge on any atom is 0.352 e. The molecule has 0 aliphatic carbocycles. The van der Waals surface area contributed by atoms with E-state index in [-0.39, 0.29) is 51.2 Å². The summed E-state index contributed by atoms with van der Waals surface area (Å²) in [6.45, 7) is -0.859. The highest BCUT2D eigenvalue weighted by atomic mass is 32.2. The molecule has 0 spiro atoms. The number of aromatic nitrogens is 6. The highest BCUT2D eigenvalue weighted by Crippen LogP contribution is 2.41. The van der Waals surface area contributed by atoms with Gasteiger partial charge in [0.05, 0.1) is 6.20 Å².